The Kier molecular flexibility index (Phi) is 7.06. The Morgan fingerprint density at radius 1 is 1.09 bits per heavy atom. The van der Waals surface area contributed by atoms with Crippen LogP contribution in [-0.4, -0.2) is 72.9 Å². The van der Waals surface area contributed by atoms with E-state index in [1.165, 1.54) is 0 Å². The number of carboxylic acids is 1. The van der Waals surface area contributed by atoms with Gasteiger partial charge in [-0.2, -0.15) is 0 Å². The number of carbonyl (C=O) groups is 3. The maximum Gasteiger partial charge on any atom is 0.407 e. The van der Waals surface area contributed by atoms with Crippen molar-refractivity contribution >= 4 is 18.0 Å². The van der Waals surface area contributed by atoms with E-state index < -0.39 is 43.0 Å². The predicted molar refractivity (Wildman–Crippen MR) is 117 cm³/mol. The van der Waals surface area contributed by atoms with Crippen molar-refractivity contribution in [3.8, 4) is 11.1 Å². The maximum atomic E-state index is 13.1. The average molecular weight is 474 g/mol. The molecule has 0 aromatic heterocycles. The minimum absolute atomic E-state index is 0.0336. The summed E-state index contributed by atoms with van der Waals surface area (Å²) in [5.41, 5.74) is 4.06. The van der Waals surface area contributed by atoms with Crippen LogP contribution in [0.5, 0.6) is 0 Å². The minimum Gasteiger partial charge on any atom is -0.479 e. The van der Waals surface area contributed by atoms with Gasteiger partial charge < -0.3 is 24.8 Å². The minimum atomic E-state index is -2.86. The number of carboxylic acid groups (broad SMARTS) is 1. The molecule has 0 saturated carbocycles. The number of alkyl carbamates (subject to hydrolysis) is 1. The van der Waals surface area contributed by atoms with Crippen LogP contribution < -0.4 is 5.32 Å². The van der Waals surface area contributed by atoms with Crippen LogP contribution in [0.15, 0.2) is 48.5 Å². The van der Waals surface area contributed by atoms with E-state index in [1.807, 2.05) is 48.5 Å². The van der Waals surface area contributed by atoms with Crippen LogP contribution in [0.2, 0.25) is 0 Å². The van der Waals surface area contributed by atoms with E-state index in [0.29, 0.717) is 0 Å². The number of nitrogens with one attached hydrogen (secondary N) is 1. The second-order valence-electron chi connectivity index (χ2n) is 8.13. The first-order chi connectivity index (χ1) is 16.3. The summed E-state index contributed by atoms with van der Waals surface area (Å²) in [6.45, 7) is -0.335. The number of hydrogen-bond acceptors (Lipinski definition) is 5. The summed E-state index contributed by atoms with van der Waals surface area (Å²) in [6, 6.07) is 13.9. The molecule has 1 fully saturated rings. The number of fused-ring (bicyclic) bond motifs is 3. The molecule has 2 atom stereocenters. The molecular weight excluding hydrogens is 450 g/mol. The molecule has 34 heavy (non-hydrogen) atoms. The van der Waals surface area contributed by atoms with Crippen molar-refractivity contribution in [2.24, 2.45) is 0 Å². The predicted octanol–water partition coefficient (Wildman–Crippen LogP) is 2.86. The topological polar surface area (TPSA) is 105 Å². The van der Waals surface area contributed by atoms with E-state index in [-0.39, 0.29) is 32.2 Å². The molecule has 2 aromatic rings. The molecule has 8 nitrogen and oxygen atoms in total. The molecule has 10 heteroatoms. The van der Waals surface area contributed by atoms with E-state index in [0.717, 1.165) is 27.2 Å². The zero-order valence-electron chi connectivity index (χ0n) is 18.2. The third kappa shape index (κ3) is 5.01. The van der Waals surface area contributed by atoms with Crippen LogP contribution in [0.3, 0.4) is 0 Å². The zero-order chi connectivity index (χ0) is 24.2. The molecule has 1 aliphatic heterocycles. The van der Waals surface area contributed by atoms with Gasteiger partial charge in [-0.05, 0) is 22.3 Å². The fraction of sp³-hybridized carbons (Fsp3) is 0.375. The molecule has 2 amide bonds. The molecule has 2 aromatic carbocycles. The van der Waals surface area contributed by atoms with Gasteiger partial charge in [0.25, 0.3) is 0 Å². The molecule has 4 rings (SSSR count). The van der Waals surface area contributed by atoms with E-state index in [4.69, 9.17) is 14.6 Å². The van der Waals surface area contributed by atoms with Gasteiger partial charge in [-0.1, -0.05) is 48.5 Å². The molecule has 180 valence electrons. The normalized spacial score (nSPS) is 18.2. The molecule has 1 heterocycles. The molecular formula is C24H24F2N2O6. The number of carbonyl (C=O) groups excluding carboxylic acids is 2. The van der Waals surface area contributed by atoms with Gasteiger partial charge in [-0.3, -0.25) is 4.79 Å². The van der Waals surface area contributed by atoms with Crippen LogP contribution in [0.1, 0.15) is 23.5 Å². The number of alkyl halides is 2. The Morgan fingerprint density at radius 3 is 2.29 bits per heavy atom. The highest BCUT2D eigenvalue weighted by atomic mass is 19.3. The molecule has 2 aliphatic rings. The summed E-state index contributed by atoms with van der Waals surface area (Å²) in [7, 11) is 0. The summed E-state index contributed by atoms with van der Waals surface area (Å²) < 4.78 is 36.7. The number of morpholine rings is 1. The Hall–Kier alpha value is -3.53. The SMILES string of the molecule is O=C(NC(CC(F)F)C(=O)N1CCOC(C(=O)O)C1)OCC1c2ccccc2-c2ccccc21. The van der Waals surface area contributed by atoms with Crippen molar-refractivity contribution in [1.29, 1.82) is 0 Å². The Morgan fingerprint density at radius 2 is 1.71 bits per heavy atom. The number of benzene rings is 2. The molecule has 2 unspecified atom stereocenters. The van der Waals surface area contributed by atoms with Crippen molar-refractivity contribution in [2.75, 3.05) is 26.3 Å². The van der Waals surface area contributed by atoms with Crippen molar-refractivity contribution in [3.63, 3.8) is 0 Å². The quantitative estimate of drug-likeness (QED) is 0.640. The van der Waals surface area contributed by atoms with Gasteiger partial charge in [0.2, 0.25) is 12.3 Å². The highest BCUT2D eigenvalue weighted by Crippen LogP contribution is 2.44. The Labute approximate surface area is 194 Å². The second kappa shape index (κ2) is 10.2. The third-order valence-corrected chi connectivity index (χ3v) is 6.00. The number of hydrogen-bond donors (Lipinski definition) is 2. The molecule has 2 N–H and O–H groups in total. The summed E-state index contributed by atoms with van der Waals surface area (Å²) >= 11 is 0. The lowest BCUT2D eigenvalue weighted by Gasteiger charge is -2.33. The van der Waals surface area contributed by atoms with Crippen molar-refractivity contribution in [1.82, 2.24) is 10.2 Å². The first kappa shape index (κ1) is 23.6. The van der Waals surface area contributed by atoms with Crippen molar-refractivity contribution < 1.29 is 37.7 Å². The molecule has 0 spiro atoms. The van der Waals surface area contributed by atoms with Gasteiger partial charge in [0, 0.05) is 18.9 Å². The summed E-state index contributed by atoms with van der Waals surface area (Å²) in [5, 5.41) is 11.3. The van der Waals surface area contributed by atoms with Crippen LogP contribution in [0.4, 0.5) is 13.6 Å². The summed E-state index contributed by atoms with van der Waals surface area (Å²) in [5.74, 6) is -2.28. The second-order valence-corrected chi connectivity index (χ2v) is 8.13. The standard InChI is InChI=1S/C24H24F2N2O6/c25-21(26)11-19(22(29)28-9-10-33-20(12-28)23(30)31)27-24(32)34-13-18-16-7-3-1-5-14(16)15-6-2-4-8-17(15)18/h1-8,18-21H,9-13H2,(H,27,32)(H,30,31). The van der Waals surface area contributed by atoms with Gasteiger partial charge in [0.15, 0.2) is 6.10 Å². The van der Waals surface area contributed by atoms with Gasteiger partial charge >= 0.3 is 12.1 Å². The monoisotopic (exact) mass is 474 g/mol. The fourth-order valence-corrected chi connectivity index (χ4v) is 4.40. The van der Waals surface area contributed by atoms with Crippen molar-refractivity contribution in [3.05, 3.63) is 59.7 Å². The summed E-state index contributed by atoms with van der Waals surface area (Å²) in [6.07, 6.45) is -6.03. The first-order valence-electron chi connectivity index (χ1n) is 10.9. The Bertz CT molecular complexity index is 1030. The smallest absolute Gasteiger partial charge is 0.407 e. The highest BCUT2D eigenvalue weighted by molar-refractivity contribution is 5.86. The zero-order valence-corrected chi connectivity index (χ0v) is 18.2. The van der Waals surface area contributed by atoms with Crippen LogP contribution in [0.25, 0.3) is 11.1 Å². The number of aliphatic carboxylic acids is 1. The lowest BCUT2D eigenvalue weighted by Crippen LogP contribution is -2.55. The van der Waals surface area contributed by atoms with E-state index in [1.54, 1.807) is 0 Å². The largest absolute Gasteiger partial charge is 0.479 e. The van der Waals surface area contributed by atoms with Crippen LogP contribution >= 0.6 is 0 Å². The third-order valence-electron chi connectivity index (χ3n) is 6.00. The molecule has 1 aliphatic carbocycles. The fourth-order valence-electron chi connectivity index (χ4n) is 4.40. The number of rotatable bonds is 7. The highest BCUT2D eigenvalue weighted by Gasteiger charge is 2.35. The van der Waals surface area contributed by atoms with Gasteiger partial charge in [0.05, 0.1) is 13.2 Å². The first-order valence-corrected chi connectivity index (χ1v) is 10.9. The van der Waals surface area contributed by atoms with Gasteiger partial charge in [-0.25, -0.2) is 18.4 Å². The lowest BCUT2D eigenvalue weighted by atomic mass is 9.98. The van der Waals surface area contributed by atoms with Gasteiger partial charge in [0.1, 0.15) is 12.6 Å². The van der Waals surface area contributed by atoms with Crippen LogP contribution in [-0.2, 0) is 19.1 Å². The van der Waals surface area contributed by atoms with E-state index in [9.17, 15) is 23.2 Å². The maximum absolute atomic E-state index is 13.1. The van der Waals surface area contributed by atoms with Gasteiger partial charge in [-0.15, -0.1) is 0 Å². The molecule has 1 saturated heterocycles. The van der Waals surface area contributed by atoms with Crippen molar-refractivity contribution in [2.45, 2.75) is 30.9 Å². The summed E-state index contributed by atoms with van der Waals surface area (Å²) in [4.78, 5) is 37.6. The molecule has 0 bridgehead atoms. The lowest BCUT2D eigenvalue weighted by molar-refractivity contribution is -0.160. The van der Waals surface area contributed by atoms with E-state index in [2.05, 4.69) is 5.32 Å². The average Bonchev–Trinajstić information content (AvgIpc) is 3.15. The van der Waals surface area contributed by atoms with E-state index >= 15 is 0 Å². The number of nitrogens with zero attached hydrogens (tertiary/aromatic N) is 1. The van der Waals surface area contributed by atoms with Crippen LogP contribution in [0, 0.1) is 0 Å². The molecule has 0 radical (unpaired) electrons. The number of ether oxygens (including phenoxy) is 2. The number of halogens is 2. The Balaban J connectivity index is 1.42. The number of amides is 2.